The van der Waals surface area contributed by atoms with Crippen molar-refractivity contribution in [2.24, 2.45) is 11.3 Å². The molecule has 0 aromatic rings. The van der Waals surface area contributed by atoms with Crippen LogP contribution in [0.5, 0.6) is 0 Å². The Kier molecular flexibility index (Phi) is 5.61. The lowest BCUT2D eigenvalue weighted by Crippen LogP contribution is -2.37. The molecule has 0 saturated carbocycles. The van der Waals surface area contributed by atoms with Gasteiger partial charge in [-0.05, 0) is 65.7 Å². The van der Waals surface area contributed by atoms with Crippen LogP contribution in [-0.2, 0) is 14.3 Å². The summed E-state index contributed by atoms with van der Waals surface area (Å²) in [6, 6.07) is 0. The third kappa shape index (κ3) is 4.01. The fraction of sp³-hybridized carbons (Fsp3) is 0.600. The lowest BCUT2D eigenvalue weighted by atomic mass is 9.64. The van der Waals surface area contributed by atoms with E-state index in [1.807, 2.05) is 0 Å². The average molecular weight is 316 g/mol. The van der Waals surface area contributed by atoms with Crippen molar-refractivity contribution in [3.05, 3.63) is 34.9 Å². The van der Waals surface area contributed by atoms with Crippen LogP contribution < -0.4 is 0 Å². The predicted octanol–water partition coefficient (Wildman–Crippen LogP) is 4.89. The van der Waals surface area contributed by atoms with E-state index in [1.165, 1.54) is 16.7 Å². The van der Waals surface area contributed by atoms with Crippen LogP contribution in [0.4, 0.5) is 0 Å². The number of esters is 2. The van der Waals surface area contributed by atoms with E-state index in [1.54, 1.807) is 0 Å². The number of carbonyl (C=O) groups excluding carboxylic acids is 2. The summed E-state index contributed by atoms with van der Waals surface area (Å²) in [5.74, 6) is -0.580. The smallest absolute Gasteiger partial charge is 0.320 e. The Hall–Kier alpha value is -1.64. The molecule has 3 heteroatoms. The normalized spacial score (nSPS) is 27.9. The standard InChI is InChI=1S/C20H28O3/c1-14(2)7-5-8-15(3)10-11-17-16(4)9-6-12-20(17)13-18(21)23-19(20)22/h7,9-10,17H,5-6,8,11-13H2,1-4H3/b15-10+. The number of rotatable bonds is 5. The highest BCUT2D eigenvalue weighted by Crippen LogP contribution is 2.50. The monoisotopic (exact) mass is 316 g/mol. The van der Waals surface area contributed by atoms with Crippen LogP contribution in [0.25, 0.3) is 0 Å². The Morgan fingerprint density at radius 3 is 2.65 bits per heavy atom. The van der Waals surface area contributed by atoms with Crippen molar-refractivity contribution in [3.8, 4) is 0 Å². The average Bonchev–Trinajstić information content (AvgIpc) is 2.72. The maximum absolute atomic E-state index is 12.3. The van der Waals surface area contributed by atoms with Gasteiger partial charge in [-0.15, -0.1) is 0 Å². The third-order valence-corrected chi connectivity index (χ3v) is 5.14. The van der Waals surface area contributed by atoms with Crippen molar-refractivity contribution in [3.63, 3.8) is 0 Å². The number of hydrogen-bond acceptors (Lipinski definition) is 3. The van der Waals surface area contributed by atoms with Crippen molar-refractivity contribution < 1.29 is 14.3 Å². The van der Waals surface area contributed by atoms with Crippen molar-refractivity contribution in [2.45, 2.75) is 66.2 Å². The first-order valence-electron chi connectivity index (χ1n) is 8.56. The van der Waals surface area contributed by atoms with Gasteiger partial charge in [0.25, 0.3) is 0 Å². The molecule has 1 spiro atoms. The van der Waals surface area contributed by atoms with Gasteiger partial charge in [-0.25, -0.2) is 0 Å². The van der Waals surface area contributed by atoms with Crippen LogP contribution in [0.2, 0.25) is 0 Å². The van der Waals surface area contributed by atoms with E-state index in [-0.39, 0.29) is 24.3 Å². The molecule has 1 saturated heterocycles. The number of allylic oxidation sites excluding steroid dienone is 6. The van der Waals surface area contributed by atoms with Gasteiger partial charge in [0.1, 0.15) is 0 Å². The molecule has 0 radical (unpaired) electrons. The van der Waals surface area contributed by atoms with E-state index in [0.717, 1.165) is 32.1 Å². The van der Waals surface area contributed by atoms with Crippen molar-refractivity contribution in [2.75, 3.05) is 0 Å². The predicted molar refractivity (Wildman–Crippen MR) is 91.7 cm³/mol. The SMILES string of the molecule is CC(C)=CCC/C(C)=C/CC1C(C)=CCCC12CC(=O)OC2=O. The van der Waals surface area contributed by atoms with Gasteiger partial charge in [0.2, 0.25) is 0 Å². The molecule has 1 aliphatic carbocycles. The second-order valence-electron chi connectivity index (χ2n) is 7.24. The highest BCUT2D eigenvalue weighted by molar-refractivity contribution is 5.98. The number of cyclic esters (lactones) is 2. The first kappa shape index (κ1) is 17.7. The maximum atomic E-state index is 12.3. The van der Waals surface area contributed by atoms with E-state index in [9.17, 15) is 9.59 Å². The van der Waals surface area contributed by atoms with Gasteiger partial charge >= 0.3 is 11.9 Å². The summed E-state index contributed by atoms with van der Waals surface area (Å²) in [6.45, 7) is 8.45. The van der Waals surface area contributed by atoms with E-state index >= 15 is 0 Å². The lowest BCUT2D eigenvalue weighted by molar-refractivity contribution is -0.156. The highest BCUT2D eigenvalue weighted by Gasteiger charge is 2.54. The minimum atomic E-state index is -0.618. The Morgan fingerprint density at radius 2 is 2.04 bits per heavy atom. The molecule has 126 valence electrons. The molecule has 23 heavy (non-hydrogen) atoms. The minimum Gasteiger partial charge on any atom is -0.393 e. The zero-order chi connectivity index (χ0) is 17.0. The first-order valence-corrected chi connectivity index (χ1v) is 8.56. The van der Waals surface area contributed by atoms with E-state index in [0.29, 0.717) is 0 Å². The Bertz CT molecular complexity index is 576. The number of ether oxygens (including phenoxy) is 1. The molecule has 2 aliphatic rings. The van der Waals surface area contributed by atoms with Crippen LogP contribution in [0, 0.1) is 11.3 Å². The molecule has 1 aliphatic heterocycles. The highest BCUT2D eigenvalue weighted by atomic mass is 16.6. The van der Waals surface area contributed by atoms with Gasteiger partial charge in [0.15, 0.2) is 0 Å². The Balaban J connectivity index is 2.10. The molecule has 0 N–H and O–H groups in total. The first-order chi connectivity index (χ1) is 10.8. The van der Waals surface area contributed by atoms with Crippen molar-refractivity contribution in [1.29, 1.82) is 0 Å². The second-order valence-corrected chi connectivity index (χ2v) is 7.24. The molecule has 2 rings (SSSR count). The topological polar surface area (TPSA) is 43.4 Å². The molecule has 0 amide bonds. The molecule has 2 atom stereocenters. The molecule has 3 nitrogen and oxygen atoms in total. The molecular weight excluding hydrogens is 288 g/mol. The fourth-order valence-electron chi connectivity index (χ4n) is 3.76. The molecule has 0 bridgehead atoms. The summed E-state index contributed by atoms with van der Waals surface area (Å²) in [5.41, 5.74) is 3.28. The van der Waals surface area contributed by atoms with Gasteiger partial charge in [0, 0.05) is 0 Å². The Morgan fingerprint density at radius 1 is 1.30 bits per heavy atom. The molecule has 0 aromatic carbocycles. The lowest BCUT2D eigenvalue weighted by Gasteiger charge is -2.36. The van der Waals surface area contributed by atoms with E-state index in [2.05, 4.69) is 45.9 Å². The molecule has 1 heterocycles. The summed E-state index contributed by atoms with van der Waals surface area (Å²) >= 11 is 0. The molecule has 0 aromatic heterocycles. The van der Waals surface area contributed by atoms with Crippen LogP contribution >= 0.6 is 0 Å². The largest absolute Gasteiger partial charge is 0.393 e. The zero-order valence-corrected chi connectivity index (χ0v) is 14.8. The van der Waals surface area contributed by atoms with Crippen molar-refractivity contribution in [1.82, 2.24) is 0 Å². The summed E-state index contributed by atoms with van der Waals surface area (Å²) < 4.78 is 4.90. The molecule has 2 unspecified atom stereocenters. The van der Waals surface area contributed by atoms with Crippen LogP contribution in [0.15, 0.2) is 34.9 Å². The van der Waals surface area contributed by atoms with Gasteiger partial charge in [0.05, 0.1) is 11.8 Å². The number of hydrogen-bond donors (Lipinski definition) is 0. The second kappa shape index (κ2) is 7.29. The molecule has 1 fully saturated rings. The molecular formula is C20H28O3. The fourth-order valence-corrected chi connectivity index (χ4v) is 3.76. The zero-order valence-electron chi connectivity index (χ0n) is 14.8. The van der Waals surface area contributed by atoms with Crippen LogP contribution in [0.1, 0.15) is 66.2 Å². The maximum Gasteiger partial charge on any atom is 0.320 e. The summed E-state index contributed by atoms with van der Waals surface area (Å²) in [4.78, 5) is 23.9. The van der Waals surface area contributed by atoms with E-state index < -0.39 is 5.41 Å². The number of carbonyl (C=O) groups is 2. The van der Waals surface area contributed by atoms with Gasteiger partial charge in [-0.1, -0.05) is 34.9 Å². The van der Waals surface area contributed by atoms with Gasteiger partial charge < -0.3 is 4.74 Å². The van der Waals surface area contributed by atoms with Gasteiger partial charge in [-0.3, -0.25) is 9.59 Å². The third-order valence-electron chi connectivity index (χ3n) is 5.14. The van der Waals surface area contributed by atoms with Crippen LogP contribution in [-0.4, -0.2) is 11.9 Å². The van der Waals surface area contributed by atoms with Gasteiger partial charge in [-0.2, -0.15) is 0 Å². The summed E-state index contributed by atoms with van der Waals surface area (Å²) in [6.07, 6.45) is 11.4. The summed E-state index contributed by atoms with van der Waals surface area (Å²) in [7, 11) is 0. The minimum absolute atomic E-state index is 0.0913. The van der Waals surface area contributed by atoms with E-state index in [4.69, 9.17) is 4.74 Å². The summed E-state index contributed by atoms with van der Waals surface area (Å²) in [5, 5.41) is 0. The Labute approximate surface area is 139 Å². The quantitative estimate of drug-likeness (QED) is 0.412. The van der Waals surface area contributed by atoms with Crippen molar-refractivity contribution >= 4 is 11.9 Å². The van der Waals surface area contributed by atoms with Crippen LogP contribution in [0.3, 0.4) is 0 Å².